The molecule has 32 heavy (non-hydrogen) atoms. The number of halogens is 1. The monoisotopic (exact) mass is 502 g/mol. The Morgan fingerprint density at radius 2 is 1.81 bits per heavy atom. The first-order chi connectivity index (χ1) is 15.5. The van der Waals surface area contributed by atoms with Crippen LogP contribution < -0.4 is 20.9 Å². The van der Waals surface area contributed by atoms with Gasteiger partial charge in [-0.25, -0.2) is 4.79 Å². The van der Waals surface area contributed by atoms with Crippen LogP contribution in [0.2, 0.25) is 0 Å². The van der Waals surface area contributed by atoms with Crippen molar-refractivity contribution in [3.8, 4) is 0 Å². The average Bonchev–Trinajstić information content (AvgIpc) is 2.77. The highest BCUT2D eigenvalue weighted by Gasteiger charge is 2.22. The van der Waals surface area contributed by atoms with Gasteiger partial charge in [0.25, 0.3) is 5.91 Å². The zero-order valence-corrected chi connectivity index (χ0v) is 20.2. The van der Waals surface area contributed by atoms with Gasteiger partial charge in [0.1, 0.15) is 0 Å². The molecule has 0 aliphatic carbocycles. The summed E-state index contributed by atoms with van der Waals surface area (Å²) >= 11 is 3.40. The molecular weight excluding hydrogens is 472 g/mol. The first-order valence-corrected chi connectivity index (χ1v) is 11.8. The van der Waals surface area contributed by atoms with Crippen molar-refractivity contribution in [1.29, 1.82) is 0 Å². The number of benzene rings is 2. The molecule has 2 aromatic carbocycles. The van der Waals surface area contributed by atoms with E-state index >= 15 is 0 Å². The van der Waals surface area contributed by atoms with Crippen molar-refractivity contribution in [2.24, 2.45) is 5.92 Å². The van der Waals surface area contributed by atoms with Crippen molar-refractivity contribution >= 4 is 44.9 Å². The molecular formula is C24H31BrN4O3. The van der Waals surface area contributed by atoms with Gasteiger partial charge < -0.3 is 25.6 Å². The van der Waals surface area contributed by atoms with Crippen molar-refractivity contribution in [3.05, 3.63) is 52.5 Å². The molecule has 1 aliphatic rings. The summed E-state index contributed by atoms with van der Waals surface area (Å²) in [6.45, 7) is 5.22. The van der Waals surface area contributed by atoms with Gasteiger partial charge in [-0.3, -0.25) is 4.79 Å². The molecule has 1 saturated heterocycles. The second kappa shape index (κ2) is 11.9. The molecule has 3 N–H and O–H groups in total. The molecule has 0 radical (unpaired) electrons. The molecule has 0 unspecified atom stereocenters. The Hall–Kier alpha value is -2.58. The smallest absolute Gasteiger partial charge is 0.323 e. The summed E-state index contributed by atoms with van der Waals surface area (Å²) in [5.41, 5.74) is 2.71. The van der Waals surface area contributed by atoms with Gasteiger partial charge >= 0.3 is 6.03 Å². The number of nitrogens with zero attached hydrogens (tertiary/aromatic N) is 1. The lowest BCUT2D eigenvalue weighted by Crippen LogP contribution is -2.35. The van der Waals surface area contributed by atoms with E-state index in [-0.39, 0.29) is 11.9 Å². The number of methoxy groups -OCH3 is 1. The van der Waals surface area contributed by atoms with Crippen LogP contribution in [0.1, 0.15) is 36.5 Å². The predicted octanol–water partition coefficient (Wildman–Crippen LogP) is 5.10. The van der Waals surface area contributed by atoms with Gasteiger partial charge in [0.05, 0.1) is 5.56 Å². The van der Waals surface area contributed by atoms with E-state index in [4.69, 9.17) is 4.74 Å². The van der Waals surface area contributed by atoms with Gasteiger partial charge in [-0.2, -0.15) is 0 Å². The second-order valence-corrected chi connectivity index (χ2v) is 9.01. The van der Waals surface area contributed by atoms with Gasteiger partial charge in [0, 0.05) is 54.9 Å². The fraction of sp³-hybridized carbons (Fsp3) is 0.417. The molecule has 0 spiro atoms. The summed E-state index contributed by atoms with van der Waals surface area (Å²) in [4.78, 5) is 27.7. The van der Waals surface area contributed by atoms with Crippen molar-refractivity contribution in [2.75, 3.05) is 48.9 Å². The normalized spacial score (nSPS) is 14.2. The summed E-state index contributed by atoms with van der Waals surface area (Å²) < 4.78 is 5.94. The number of piperidine rings is 1. The third-order valence-electron chi connectivity index (χ3n) is 5.52. The topological polar surface area (TPSA) is 82.7 Å². The van der Waals surface area contributed by atoms with Crippen LogP contribution in [0.25, 0.3) is 0 Å². The zero-order valence-electron chi connectivity index (χ0n) is 18.6. The van der Waals surface area contributed by atoms with E-state index in [2.05, 4.69) is 43.7 Å². The van der Waals surface area contributed by atoms with Crippen LogP contribution in [0.3, 0.4) is 0 Å². The zero-order chi connectivity index (χ0) is 22.9. The van der Waals surface area contributed by atoms with E-state index < -0.39 is 0 Å². The Bertz CT molecular complexity index is 929. The maximum atomic E-state index is 13.0. The van der Waals surface area contributed by atoms with Crippen LogP contribution in [0.15, 0.2) is 46.9 Å². The van der Waals surface area contributed by atoms with E-state index in [0.717, 1.165) is 42.5 Å². The fourth-order valence-electron chi connectivity index (χ4n) is 3.69. The van der Waals surface area contributed by atoms with Crippen LogP contribution in [0.5, 0.6) is 0 Å². The molecule has 1 aliphatic heterocycles. The van der Waals surface area contributed by atoms with E-state index in [9.17, 15) is 9.59 Å². The standard InChI is InChI=1S/C24H31BrN4O3/c1-17-9-12-29(13-10-17)22-8-7-20(16-21(22)23(30)26-11-4-14-32-2)28-24(31)27-19-6-3-5-18(25)15-19/h3,5-8,15-17H,4,9-14H2,1-2H3,(H,26,30)(H2,27,28,31). The summed E-state index contributed by atoms with van der Waals surface area (Å²) in [5.74, 6) is 0.547. The fourth-order valence-corrected chi connectivity index (χ4v) is 4.09. The molecule has 3 rings (SSSR count). The number of carbonyl (C=O) groups is 2. The molecule has 0 atom stereocenters. The van der Waals surface area contributed by atoms with Crippen molar-refractivity contribution in [3.63, 3.8) is 0 Å². The van der Waals surface area contributed by atoms with Gasteiger partial charge in [-0.05, 0) is 61.6 Å². The highest BCUT2D eigenvalue weighted by atomic mass is 79.9. The van der Waals surface area contributed by atoms with Crippen LogP contribution in [-0.2, 0) is 4.74 Å². The van der Waals surface area contributed by atoms with E-state index in [1.54, 1.807) is 13.2 Å². The summed E-state index contributed by atoms with van der Waals surface area (Å²) in [7, 11) is 1.64. The highest BCUT2D eigenvalue weighted by molar-refractivity contribution is 9.10. The Kier molecular flexibility index (Phi) is 8.93. The highest BCUT2D eigenvalue weighted by Crippen LogP contribution is 2.29. The number of ether oxygens (including phenoxy) is 1. The molecule has 172 valence electrons. The SMILES string of the molecule is COCCCNC(=O)c1cc(NC(=O)Nc2cccc(Br)c2)ccc1N1CCC(C)CC1. The molecule has 1 fully saturated rings. The number of nitrogens with one attached hydrogen (secondary N) is 3. The van der Waals surface area contributed by atoms with Crippen LogP contribution in [-0.4, -0.2) is 45.3 Å². The minimum Gasteiger partial charge on any atom is -0.385 e. The van der Waals surface area contributed by atoms with Crippen molar-refractivity contribution in [2.45, 2.75) is 26.2 Å². The molecule has 2 aromatic rings. The number of hydrogen-bond acceptors (Lipinski definition) is 4. The van der Waals surface area contributed by atoms with Crippen LogP contribution >= 0.6 is 15.9 Å². The number of anilines is 3. The quantitative estimate of drug-likeness (QED) is 0.438. The van der Waals surface area contributed by atoms with Gasteiger partial charge in [0.2, 0.25) is 0 Å². The molecule has 7 nitrogen and oxygen atoms in total. The number of amides is 3. The van der Waals surface area contributed by atoms with Crippen LogP contribution in [0, 0.1) is 5.92 Å². The minimum absolute atomic E-state index is 0.147. The molecule has 0 bridgehead atoms. The number of hydrogen-bond donors (Lipinski definition) is 3. The van der Waals surface area contributed by atoms with E-state index in [0.29, 0.717) is 36.0 Å². The molecule has 0 saturated carbocycles. The van der Waals surface area contributed by atoms with Crippen molar-refractivity contribution in [1.82, 2.24) is 5.32 Å². The largest absolute Gasteiger partial charge is 0.385 e. The first kappa shape index (κ1) is 24.1. The Labute approximate surface area is 198 Å². The average molecular weight is 503 g/mol. The number of carbonyl (C=O) groups excluding carboxylic acids is 2. The lowest BCUT2D eigenvalue weighted by atomic mass is 9.98. The lowest BCUT2D eigenvalue weighted by Gasteiger charge is -2.33. The predicted molar refractivity (Wildman–Crippen MR) is 133 cm³/mol. The molecule has 8 heteroatoms. The Morgan fingerprint density at radius 1 is 1.09 bits per heavy atom. The Balaban J connectivity index is 1.75. The van der Waals surface area contributed by atoms with Gasteiger partial charge in [0.15, 0.2) is 0 Å². The molecule has 1 heterocycles. The molecule has 3 amide bonds. The maximum Gasteiger partial charge on any atom is 0.323 e. The summed E-state index contributed by atoms with van der Waals surface area (Å²) in [6.07, 6.45) is 2.94. The van der Waals surface area contributed by atoms with E-state index in [1.807, 2.05) is 36.4 Å². The third-order valence-corrected chi connectivity index (χ3v) is 6.01. The maximum absolute atomic E-state index is 13.0. The minimum atomic E-state index is -0.367. The summed E-state index contributed by atoms with van der Waals surface area (Å²) in [6, 6.07) is 12.5. The van der Waals surface area contributed by atoms with E-state index in [1.165, 1.54) is 0 Å². The van der Waals surface area contributed by atoms with Crippen LogP contribution in [0.4, 0.5) is 21.9 Å². The second-order valence-electron chi connectivity index (χ2n) is 8.09. The van der Waals surface area contributed by atoms with Gasteiger partial charge in [-0.1, -0.05) is 28.9 Å². The first-order valence-electron chi connectivity index (χ1n) is 11.0. The summed E-state index contributed by atoms with van der Waals surface area (Å²) in [5, 5.41) is 8.61. The molecule has 0 aromatic heterocycles. The lowest BCUT2D eigenvalue weighted by molar-refractivity contribution is 0.0949. The van der Waals surface area contributed by atoms with Crippen molar-refractivity contribution < 1.29 is 14.3 Å². The number of urea groups is 1. The third kappa shape index (κ3) is 6.97. The number of rotatable bonds is 8. The van der Waals surface area contributed by atoms with Gasteiger partial charge in [-0.15, -0.1) is 0 Å². The Morgan fingerprint density at radius 3 is 2.50 bits per heavy atom.